The number of rotatable bonds is 7. The third-order valence-corrected chi connectivity index (χ3v) is 4.99. The van der Waals surface area contributed by atoms with E-state index in [0.29, 0.717) is 6.54 Å². The maximum Gasteiger partial charge on any atom is 0.313 e. The van der Waals surface area contributed by atoms with Crippen LogP contribution in [-0.2, 0) is 15.0 Å². The summed E-state index contributed by atoms with van der Waals surface area (Å²) in [4.78, 5) is 22.1. The molecule has 1 aliphatic carbocycles. The van der Waals surface area contributed by atoms with Crippen molar-refractivity contribution in [3.8, 4) is 0 Å². The molecule has 0 spiro atoms. The van der Waals surface area contributed by atoms with Crippen LogP contribution in [0, 0.1) is 0 Å². The third-order valence-electron chi connectivity index (χ3n) is 3.38. The van der Waals surface area contributed by atoms with E-state index in [2.05, 4.69) is 27.3 Å². The number of carboxylic acid groups (broad SMARTS) is 1. The van der Waals surface area contributed by atoms with Crippen molar-refractivity contribution in [3.63, 3.8) is 0 Å². The Morgan fingerprint density at radius 1 is 1.30 bits per heavy atom. The van der Waals surface area contributed by atoms with Gasteiger partial charge in [-0.25, -0.2) is 0 Å². The van der Waals surface area contributed by atoms with Crippen molar-refractivity contribution < 1.29 is 14.7 Å². The zero-order chi connectivity index (χ0) is 14.6. The number of aliphatic carboxylic acids is 1. The summed E-state index contributed by atoms with van der Waals surface area (Å²) in [6, 6.07) is 8.08. The fraction of sp³-hybridized carbons (Fsp3) is 0.429. The highest BCUT2D eigenvalue weighted by atomic mass is 79.9. The minimum atomic E-state index is -0.894. The lowest BCUT2D eigenvalue weighted by molar-refractivity contribution is -0.133. The first-order valence-corrected chi connectivity index (χ1v) is 8.29. The Bertz CT molecular complexity index is 517. The number of carbonyl (C=O) groups excluding carboxylic acids is 1. The molecule has 0 aromatic heterocycles. The molecule has 2 N–H and O–H groups in total. The molecule has 1 aliphatic rings. The van der Waals surface area contributed by atoms with Crippen LogP contribution in [0.15, 0.2) is 28.7 Å². The first-order chi connectivity index (χ1) is 9.53. The highest BCUT2D eigenvalue weighted by Gasteiger charge is 2.45. The number of benzene rings is 1. The minimum Gasteiger partial charge on any atom is -0.481 e. The van der Waals surface area contributed by atoms with E-state index in [-0.39, 0.29) is 22.8 Å². The maximum absolute atomic E-state index is 11.7. The van der Waals surface area contributed by atoms with Gasteiger partial charge in [-0.1, -0.05) is 34.1 Å². The summed E-state index contributed by atoms with van der Waals surface area (Å²) < 4.78 is 1.08. The lowest BCUT2D eigenvalue weighted by Crippen LogP contribution is -2.33. The first kappa shape index (κ1) is 15.4. The molecule has 20 heavy (non-hydrogen) atoms. The Morgan fingerprint density at radius 3 is 2.60 bits per heavy atom. The van der Waals surface area contributed by atoms with E-state index in [1.165, 1.54) is 5.56 Å². The van der Waals surface area contributed by atoms with Crippen LogP contribution in [0.1, 0.15) is 18.4 Å². The smallest absolute Gasteiger partial charge is 0.313 e. The molecule has 1 amide bonds. The van der Waals surface area contributed by atoms with E-state index >= 15 is 0 Å². The Labute approximate surface area is 130 Å². The Morgan fingerprint density at radius 2 is 2.00 bits per heavy atom. The minimum absolute atomic E-state index is 0.0389. The summed E-state index contributed by atoms with van der Waals surface area (Å²) in [5.74, 6) is -0.842. The number of nitrogens with one attached hydrogen (secondary N) is 1. The number of halogens is 1. The van der Waals surface area contributed by atoms with E-state index in [9.17, 15) is 9.59 Å². The largest absolute Gasteiger partial charge is 0.481 e. The fourth-order valence-corrected chi connectivity index (χ4v) is 3.40. The molecule has 4 nitrogen and oxygen atoms in total. The van der Waals surface area contributed by atoms with Gasteiger partial charge in [0.2, 0.25) is 5.91 Å². The van der Waals surface area contributed by atoms with Gasteiger partial charge in [-0.15, -0.1) is 11.8 Å². The number of carbonyl (C=O) groups is 2. The fourth-order valence-electron chi connectivity index (χ4n) is 2.13. The van der Waals surface area contributed by atoms with Gasteiger partial charge in [0.05, 0.1) is 11.5 Å². The van der Waals surface area contributed by atoms with E-state index < -0.39 is 5.97 Å². The number of amides is 1. The number of carboxylic acids is 1. The predicted molar refractivity (Wildman–Crippen MR) is 83.0 cm³/mol. The van der Waals surface area contributed by atoms with Gasteiger partial charge >= 0.3 is 5.97 Å². The molecule has 0 aliphatic heterocycles. The van der Waals surface area contributed by atoms with Crippen LogP contribution in [0.25, 0.3) is 0 Å². The summed E-state index contributed by atoms with van der Waals surface area (Å²) >= 11 is 4.67. The van der Waals surface area contributed by atoms with Crippen molar-refractivity contribution in [2.45, 2.75) is 18.3 Å². The van der Waals surface area contributed by atoms with E-state index in [1.54, 1.807) is 0 Å². The third kappa shape index (κ3) is 3.99. The second kappa shape index (κ2) is 6.63. The van der Waals surface area contributed by atoms with Crippen LogP contribution < -0.4 is 5.32 Å². The first-order valence-electron chi connectivity index (χ1n) is 6.35. The van der Waals surface area contributed by atoms with Gasteiger partial charge in [0.1, 0.15) is 0 Å². The molecule has 1 aromatic rings. The molecule has 0 bridgehead atoms. The zero-order valence-corrected chi connectivity index (χ0v) is 13.3. The van der Waals surface area contributed by atoms with Crippen molar-refractivity contribution in [3.05, 3.63) is 34.3 Å². The van der Waals surface area contributed by atoms with Gasteiger partial charge in [-0.3, -0.25) is 9.59 Å². The van der Waals surface area contributed by atoms with E-state index in [4.69, 9.17) is 5.11 Å². The van der Waals surface area contributed by atoms with Crippen LogP contribution in [0.5, 0.6) is 0 Å². The van der Waals surface area contributed by atoms with Gasteiger partial charge in [0, 0.05) is 16.4 Å². The van der Waals surface area contributed by atoms with Gasteiger partial charge < -0.3 is 10.4 Å². The monoisotopic (exact) mass is 357 g/mol. The molecule has 2 rings (SSSR count). The van der Waals surface area contributed by atoms with Crippen molar-refractivity contribution in [2.24, 2.45) is 0 Å². The van der Waals surface area contributed by atoms with Gasteiger partial charge in [-0.05, 0) is 24.5 Å². The SMILES string of the molecule is O=C(O)CSCC(=O)NCC1(c2ccccc2Br)CC1. The van der Waals surface area contributed by atoms with Gasteiger partial charge in [-0.2, -0.15) is 0 Å². The Kier molecular flexibility index (Phi) is 5.10. The normalized spacial score (nSPS) is 15.7. The summed E-state index contributed by atoms with van der Waals surface area (Å²) in [7, 11) is 0. The van der Waals surface area contributed by atoms with Crippen molar-refractivity contribution in [1.82, 2.24) is 5.32 Å². The standard InChI is InChI=1S/C14H16BrNO3S/c15-11-4-2-1-3-10(11)14(5-6-14)9-16-12(17)7-20-8-13(18)19/h1-4H,5-9H2,(H,16,17)(H,18,19). The average Bonchev–Trinajstić information content (AvgIpc) is 3.17. The number of thioether (sulfide) groups is 1. The summed E-state index contributed by atoms with van der Waals surface area (Å²) in [6.45, 7) is 0.613. The molecule has 6 heteroatoms. The number of hydrogen-bond acceptors (Lipinski definition) is 3. The van der Waals surface area contributed by atoms with Crippen molar-refractivity contribution in [1.29, 1.82) is 0 Å². The predicted octanol–water partition coefficient (Wildman–Crippen LogP) is 2.41. The van der Waals surface area contributed by atoms with Crippen LogP contribution in [0.3, 0.4) is 0 Å². The second-order valence-electron chi connectivity index (χ2n) is 4.92. The van der Waals surface area contributed by atoms with Gasteiger partial charge in [0.15, 0.2) is 0 Å². The van der Waals surface area contributed by atoms with E-state index in [1.807, 2.05) is 18.2 Å². The van der Waals surface area contributed by atoms with Crippen LogP contribution in [0.2, 0.25) is 0 Å². The molecule has 1 saturated carbocycles. The maximum atomic E-state index is 11.7. The molecular weight excluding hydrogens is 342 g/mol. The number of hydrogen-bond donors (Lipinski definition) is 2. The Balaban J connectivity index is 1.83. The molecule has 0 radical (unpaired) electrons. The summed E-state index contributed by atoms with van der Waals surface area (Å²) in [5.41, 5.74) is 1.28. The summed E-state index contributed by atoms with van der Waals surface area (Å²) in [6.07, 6.45) is 2.14. The molecule has 0 heterocycles. The highest BCUT2D eigenvalue weighted by Crippen LogP contribution is 2.49. The molecule has 0 atom stereocenters. The molecule has 0 saturated heterocycles. The van der Waals surface area contributed by atoms with Crippen molar-refractivity contribution in [2.75, 3.05) is 18.1 Å². The summed E-state index contributed by atoms with van der Waals surface area (Å²) in [5, 5.41) is 11.4. The van der Waals surface area contributed by atoms with Crippen LogP contribution >= 0.6 is 27.7 Å². The second-order valence-corrected chi connectivity index (χ2v) is 6.76. The average molecular weight is 358 g/mol. The Hall–Kier alpha value is -1.01. The highest BCUT2D eigenvalue weighted by molar-refractivity contribution is 9.10. The molecular formula is C14H16BrNO3S. The molecule has 0 unspecified atom stereocenters. The quantitative estimate of drug-likeness (QED) is 0.786. The van der Waals surface area contributed by atoms with Crippen LogP contribution in [0.4, 0.5) is 0 Å². The lowest BCUT2D eigenvalue weighted by Gasteiger charge is -2.18. The molecule has 1 aromatic carbocycles. The van der Waals surface area contributed by atoms with Gasteiger partial charge in [0.25, 0.3) is 0 Å². The lowest BCUT2D eigenvalue weighted by atomic mass is 9.96. The molecule has 1 fully saturated rings. The van der Waals surface area contributed by atoms with Crippen molar-refractivity contribution >= 4 is 39.6 Å². The molecule has 108 valence electrons. The zero-order valence-electron chi connectivity index (χ0n) is 10.9. The topological polar surface area (TPSA) is 66.4 Å². The van der Waals surface area contributed by atoms with Crippen LogP contribution in [-0.4, -0.2) is 35.0 Å². The van der Waals surface area contributed by atoms with E-state index in [0.717, 1.165) is 29.1 Å².